The van der Waals surface area contributed by atoms with Gasteiger partial charge in [0, 0.05) is 17.9 Å². The van der Waals surface area contributed by atoms with Gasteiger partial charge in [-0.2, -0.15) is 0 Å². The molecule has 202 valence electrons. The number of aliphatic hydroxyl groups excluding tert-OH is 1. The highest BCUT2D eigenvalue weighted by Gasteiger charge is 2.43. The third-order valence-corrected chi connectivity index (χ3v) is 8.37. The number of aliphatic imine (C=N–C) groups is 1. The Morgan fingerprint density at radius 1 is 1.16 bits per heavy atom. The fourth-order valence-electron chi connectivity index (χ4n) is 6.49. The highest BCUT2D eigenvalue weighted by molar-refractivity contribution is 6.00. The van der Waals surface area contributed by atoms with Crippen molar-refractivity contribution in [1.29, 1.82) is 0 Å². The van der Waals surface area contributed by atoms with Crippen LogP contribution in [0, 0.1) is 5.92 Å². The fraction of sp³-hybridized carbons (Fsp3) is 0.516. The molecule has 2 heterocycles. The van der Waals surface area contributed by atoms with E-state index in [0.29, 0.717) is 31.2 Å². The topological polar surface area (TPSA) is 105 Å². The first-order chi connectivity index (χ1) is 17.9. The molecule has 0 radical (unpaired) electrons. The smallest absolute Gasteiger partial charge is 0.232 e. The maximum atomic E-state index is 13.3. The maximum Gasteiger partial charge on any atom is 0.232 e. The lowest BCUT2D eigenvalue weighted by molar-refractivity contribution is -0.131. The number of hydrogen-bond donors (Lipinski definition) is 2. The molecule has 0 aromatic heterocycles. The van der Waals surface area contributed by atoms with Crippen molar-refractivity contribution in [3.8, 4) is 5.75 Å². The molecule has 3 aliphatic rings. The predicted molar refractivity (Wildman–Crippen MR) is 147 cm³/mol. The molecule has 0 unspecified atom stereocenters. The number of hydrogen-bond acceptors (Lipinski definition) is 6. The van der Waals surface area contributed by atoms with Crippen LogP contribution in [0.4, 0.5) is 0 Å². The number of aliphatic hydroxyl groups is 1. The van der Waals surface area contributed by atoms with Gasteiger partial charge in [-0.25, -0.2) is 4.99 Å². The summed E-state index contributed by atoms with van der Waals surface area (Å²) in [7, 11) is 0. The van der Waals surface area contributed by atoms with Gasteiger partial charge in [-0.05, 0) is 81.7 Å². The number of rotatable bonds is 6. The third kappa shape index (κ3) is 4.73. The van der Waals surface area contributed by atoms with Crippen LogP contribution in [0.2, 0.25) is 0 Å². The van der Waals surface area contributed by atoms with Gasteiger partial charge in [0.1, 0.15) is 17.5 Å². The summed E-state index contributed by atoms with van der Waals surface area (Å²) >= 11 is 0. The number of carbonyl (C=O) groups excluding carboxylic acids is 2. The average molecular weight is 518 g/mol. The van der Waals surface area contributed by atoms with Gasteiger partial charge in [0.25, 0.3) is 0 Å². The molecule has 1 amide bonds. The van der Waals surface area contributed by atoms with Gasteiger partial charge < -0.3 is 15.6 Å². The summed E-state index contributed by atoms with van der Waals surface area (Å²) in [5.74, 6) is 1.18. The zero-order valence-electron chi connectivity index (χ0n) is 23.0. The molecular weight excluding hydrogens is 478 g/mol. The molecule has 0 spiro atoms. The number of nitrogens with two attached hydrogens (primary N) is 1. The second kappa shape index (κ2) is 9.53. The molecule has 4 atom stereocenters. The number of fused-ring (bicyclic) bond motifs is 2. The lowest BCUT2D eigenvalue weighted by Crippen LogP contribution is -2.52. The first-order valence-corrected chi connectivity index (χ1v) is 13.7. The summed E-state index contributed by atoms with van der Waals surface area (Å²) < 4.78 is 6.03. The molecule has 2 aromatic carbocycles. The van der Waals surface area contributed by atoms with Crippen molar-refractivity contribution in [1.82, 2.24) is 4.90 Å². The minimum absolute atomic E-state index is 0.0258. The van der Waals surface area contributed by atoms with Crippen LogP contribution < -0.4 is 10.5 Å². The van der Waals surface area contributed by atoms with Gasteiger partial charge in [-0.1, -0.05) is 37.3 Å². The SMILES string of the molecule is C[C@H]1Cc2ccc(C(=O)CCC[C@@H]3c4ccccc4OC(C)(C)[C@H]3O)cc2[C@@H]1N1C(=O)CC(C)(C)N=C1N. The van der Waals surface area contributed by atoms with Gasteiger partial charge in [-0.15, -0.1) is 0 Å². The van der Waals surface area contributed by atoms with E-state index in [1.54, 1.807) is 4.90 Å². The number of Topliss-reactive ketones (excluding diaryl/α,β-unsaturated/α-hetero) is 1. The van der Waals surface area contributed by atoms with Crippen molar-refractivity contribution in [3.63, 3.8) is 0 Å². The van der Waals surface area contributed by atoms with Crippen LogP contribution in [0.15, 0.2) is 47.5 Å². The standard InChI is InChI=1S/C31H39N3O4/c1-18-15-19-13-14-20(16-23(19)27(18)34-26(36)17-30(2,3)33-29(34)32)24(35)11-8-10-22-21-9-6-7-12-25(21)38-31(4,5)28(22)37/h6-7,9,12-14,16,18,22,27-28,37H,8,10-11,15,17H2,1-5H3,(H2,32,33)/t18-,22+,27+,28-/m0/s1. The van der Waals surface area contributed by atoms with Gasteiger partial charge in [0.2, 0.25) is 5.91 Å². The number of ether oxygens (including phenoxy) is 1. The van der Waals surface area contributed by atoms with Crippen molar-refractivity contribution in [2.75, 3.05) is 0 Å². The summed E-state index contributed by atoms with van der Waals surface area (Å²) in [6, 6.07) is 13.5. The molecule has 1 aliphatic carbocycles. The van der Waals surface area contributed by atoms with Crippen molar-refractivity contribution >= 4 is 17.6 Å². The van der Waals surface area contributed by atoms with Gasteiger partial charge >= 0.3 is 0 Å². The number of nitrogens with zero attached hydrogens (tertiary/aromatic N) is 2. The molecule has 0 bridgehead atoms. The second-order valence-electron chi connectivity index (χ2n) is 12.4. The van der Waals surface area contributed by atoms with Crippen molar-refractivity contribution in [2.24, 2.45) is 16.6 Å². The van der Waals surface area contributed by atoms with Gasteiger partial charge in [-0.3, -0.25) is 14.5 Å². The van der Waals surface area contributed by atoms with Crippen LogP contribution in [0.5, 0.6) is 5.75 Å². The number of benzene rings is 2. The summed E-state index contributed by atoms with van der Waals surface area (Å²) in [5, 5.41) is 11.0. The zero-order valence-corrected chi connectivity index (χ0v) is 23.0. The lowest BCUT2D eigenvalue weighted by atomic mass is 9.78. The number of para-hydroxylation sites is 1. The van der Waals surface area contributed by atoms with E-state index in [-0.39, 0.29) is 35.5 Å². The quantitative estimate of drug-likeness (QED) is 0.530. The molecule has 2 aromatic rings. The Balaban J connectivity index is 1.32. The van der Waals surface area contributed by atoms with E-state index in [4.69, 9.17) is 10.5 Å². The van der Waals surface area contributed by atoms with E-state index >= 15 is 0 Å². The van der Waals surface area contributed by atoms with E-state index < -0.39 is 17.2 Å². The minimum atomic E-state index is -0.693. The maximum absolute atomic E-state index is 13.3. The number of ketones is 1. The molecule has 0 saturated carbocycles. The van der Waals surface area contributed by atoms with Crippen LogP contribution in [-0.4, -0.2) is 44.9 Å². The minimum Gasteiger partial charge on any atom is -0.485 e. The summed E-state index contributed by atoms with van der Waals surface area (Å²) in [6.45, 7) is 9.75. The Morgan fingerprint density at radius 2 is 1.89 bits per heavy atom. The van der Waals surface area contributed by atoms with Crippen molar-refractivity contribution in [2.45, 2.75) is 95.9 Å². The molecule has 0 fully saturated rings. The third-order valence-electron chi connectivity index (χ3n) is 8.37. The summed E-state index contributed by atoms with van der Waals surface area (Å²) in [4.78, 5) is 32.6. The molecule has 2 aliphatic heterocycles. The van der Waals surface area contributed by atoms with Gasteiger partial charge in [0.15, 0.2) is 11.7 Å². The fourth-order valence-corrected chi connectivity index (χ4v) is 6.49. The molecule has 3 N–H and O–H groups in total. The normalized spacial score (nSPS) is 27.3. The Bertz CT molecular complexity index is 1300. The average Bonchev–Trinajstić information content (AvgIpc) is 3.15. The van der Waals surface area contributed by atoms with E-state index in [1.807, 2.05) is 70.2 Å². The molecule has 7 heteroatoms. The van der Waals surface area contributed by atoms with E-state index in [2.05, 4.69) is 11.9 Å². The number of amides is 1. The van der Waals surface area contributed by atoms with Crippen LogP contribution in [0.25, 0.3) is 0 Å². The molecule has 7 nitrogen and oxygen atoms in total. The Hall–Kier alpha value is -3.19. The predicted octanol–water partition coefficient (Wildman–Crippen LogP) is 4.91. The Labute approximate surface area is 225 Å². The van der Waals surface area contributed by atoms with E-state index in [0.717, 1.165) is 28.9 Å². The first kappa shape index (κ1) is 26.4. The number of guanidine groups is 1. The van der Waals surface area contributed by atoms with Crippen molar-refractivity contribution < 1.29 is 19.4 Å². The molecular formula is C31H39N3O4. The Kier molecular flexibility index (Phi) is 6.62. The lowest BCUT2D eigenvalue weighted by Gasteiger charge is -2.42. The van der Waals surface area contributed by atoms with E-state index in [9.17, 15) is 14.7 Å². The highest BCUT2D eigenvalue weighted by atomic mass is 16.5. The largest absolute Gasteiger partial charge is 0.485 e. The summed E-state index contributed by atoms with van der Waals surface area (Å²) in [6.07, 6.45) is 2.20. The van der Waals surface area contributed by atoms with E-state index in [1.165, 1.54) is 0 Å². The first-order valence-electron chi connectivity index (χ1n) is 13.7. The zero-order chi connectivity index (χ0) is 27.4. The molecule has 0 saturated heterocycles. The monoisotopic (exact) mass is 517 g/mol. The van der Waals surface area contributed by atoms with Crippen LogP contribution >= 0.6 is 0 Å². The van der Waals surface area contributed by atoms with Gasteiger partial charge in [0.05, 0.1) is 18.0 Å². The molecule has 5 rings (SSSR count). The highest BCUT2D eigenvalue weighted by Crippen LogP contribution is 2.44. The van der Waals surface area contributed by atoms with Crippen molar-refractivity contribution in [3.05, 3.63) is 64.7 Å². The van der Waals surface area contributed by atoms with Crippen LogP contribution in [-0.2, 0) is 11.2 Å². The van der Waals surface area contributed by atoms with Crippen LogP contribution in [0.1, 0.15) is 99.3 Å². The molecule has 38 heavy (non-hydrogen) atoms. The summed E-state index contributed by atoms with van der Waals surface area (Å²) in [5.41, 5.74) is 8.88. The number of carbonyl (C=O) groups is 2. The second-order valence-corrected chi connectivity index (χ2v) is 12.4. The Morgan fingerprint density at radius 3 is 2.63 bits per heavy atom. The van der Waals surface area contributed by atoms with Crippen LogP contribution in [0.3, 0.4) is 0 Å².